The number of anilines is 6. The molecule has 4 nitrogen and oxygen atoms in total. The van der Waals surface area contributed by atoms with E-state index >= 15 is 0 Å². The number of para-hydroxylation sites is 2. The van der Waals surface area contributed by atoms with Crippen LogP contribution >= 0.6 is 11.3 Å². The number of hydrogen-bond donors (Lipinski definition) is 0. The van der Waals surface area contributed by atoms with Gasteiger partial charge in [-0.05, 0) is 120 Å². The van der Waals surface area contributed by atoms with Crippen molar-refractivity contribution in [2.24, 2.45) is 0 Å². The molecule has 2 aromatic heterocycles. The minimum Gasteiger partial charge on any atom is -0.311 e. The molecule has 0 amide bonds. The van der Waals surface area contributed by atoms with E-state index in [9.17, 15) is 0 Å². The predicted octanol–water partition coefficient (Wildman–Crippen LogP) is 16.5. The monoisotopic (exact) mass is 949 g/mol. The molecule has 0 spiro atoms. The summed E-state index contributed by atoms with van der Waals surface area (Å²) in [7, 11) is 0. The van der Waals surface area contributed by atoms with Gasteiger partial charge in [-0.25, -0.2) is 4.98 Å². The van der Waals surface area contributed by atoms with Gasteiger partial charge >= 0.3 is 0 Å². The van der Waals surface area contributed by atoms with Crippen molar-refractivity contribution in [1.29, 1.82) is 0 Å². The summed E-state index contributed by atoms with van der Waals surface area (Å²) in [5.74, 6) is 0. The van der Waals surface area contributed by atoms with Crippen LogP contribution in [0.1, 0.15) is 132 Å². The quantitative estimate of drug-likeness (QED) is 0.164. The van der Waals surface area contributed by atoms with Crippen LogP contribution < -0.4 is 26.3 Å². The number of fused-ring (bicyclic) bond motifs is 7. The van der Waals surface area contributed by atoms with E-state index in [0.29, 0.717) is 0 Å². The van der Waals surface area contributed by atoms with Gasteiger partial charge in [0, 0.05) is 44.8 Å². The van der Waals surface area contributed by atoms with Gasteiger partial charge in [0.15, 0.2) is 0 Å². The SMILES string of the molecule is CC(C)(C)c1ccc(-c2nc3c(s2)N(c2cc(C(C)(C)C)cc(C(C)(C)C)c2)c2cc(-n4c5ccccc5c5ccccc54)cc4c2B3c2cc(C(C)(C)C)ccc2N4c2ccc(C(C)(C)C)cc2)cc1. The summed E-state index contributed by atoms with van der Waals surface area (Å²) in [6, 6.07) is 56.0. The summed E-state index contributed by atoms with van der Waals surface area (Å²) in [6.07, 6.45) is 0. The van der Waals surface area contributed by atoms with Gasteiger partial charge in [0.05, 0.1) is 22.3 Å². The Morgan fingerprint density at radius 2 is 0.887 bits per heavy atom. The largest absolute Gasteiger partial charge is 0.311 e. The maximum atomic E-state index is 5.89. The topological polar surface area (TPSA) is 24.3 Å². The molecule has 9 aromatic rings. The molecule has 0 saturated heterocycles. The molecular formula is C65H69BN4S. The van der Waals surface area contributed by atoms with Gasteiger partial charge in [0.25, 0.3) is 6.71 Å². The van der Waals surface area contributed by atoms with Gasteiger partial charge < -0.3 is 14.4 Å². The summed E-state index contributed by atoms with van der Waals surface area (Å²) >= 11 is 1.83. The third-order valence-corrected chi connectivity index (χ3v) is 16.3. The molecule has 11 rings (SSSR count). The van der Waals surface area contributed by atoms with Crippen molar-refractivity contribution in [2.75, 3.05) is 9.80 Å². The standard InChI is InChI=1S/C65H69BN4S/c1-61(2,3)41-26-24-40(25-27-41)59-67-58-60(71-59)70(47-35-44(64(10,11)12)34-45(36-47)65(13,14)15)56-39-48(69-52-22-18-16-20-49(52)50-21-17-19-23-53(50)69)38-55-57(56)66(58)51-37-43(63(7,8)9)30-33-54(51)68(55)46-31-28-42(29-32-46)62(4,5)6/h16-39H,1-15H3. The van der Waals surface area contributed by atoms with E-state index in [4.69, 9.17) is 4.98 Å². The molecule has 0 fully saturated rings. The molecule has 0 aliphatic carbocycles. The molecule has 71 heavy (non-hydrogen) atoms. The smallest absolute Gasteiger partial charge is 0.276 e. The van der Waals surface area contributed by atoms with Crippen LogP contribution in [0.25, 0.3) is 38.1 Å². The molecule has 6 heteroatoms. The maximum Gasteiger partial charge on any atom is 0.276 e. The van der Waals surface area contributed by atoms with Crippen molar-refractivity contribution < 1.29 is 0 Å². The Labute approximate surface area is 427 Å². The van der Waals surface area contributed by atoms with Crippen LogP contribution in [0.4, 0.5) is 33.4 Å². The molecule has 0 radical (unpaired) electrons. The third kappa shape index (κ3) is 7.93. The lowest BCUT2D eigenvalue weighted by Crippen LogP contribution is -2.61. The molecule has 7 aromatic carbocycles. The Hall–Kier alpha value is -6.37. The van der Waals surface area contributed by atoms with Crippen LogP contribution in [0.15, 0.2) is 146 Å². The second-order valence-corrected chi connectivity index (χ2v) is 26.5. The van der Waals surface area contributed by atoms with E-state index in [-0.39, 0.29) is 33.8 Å². The average Bonchev–Trinajstić information content (AvgIpc) is 3.90. The van der Waals surface area contributed by atoms with Crippen molar-refractivity contribution in [1.82, 2.24) is 9.55 Å². The lowest BCUT2D eigenvalue weighted by Gasteiger charge is -2.43. The number of benzene rings is 7. The molecule has 0 unspecified atom stereocenters. The van der Waals surface area contributed by atoms with Gasteiger partial charge in [0.1, 0.15) is 10.0 Å². The van der Waals surface area contributed by atoms with Crippen LogP contribution in [0.3, 0.4) is 0 Å². The molecule has 358 valence electrons. The van der Waals surface area contributed by atoms with E-state index < -0.39 is 0 Å². The van der Waals surface area contributed by atoms with E-state index in [1.807, 2.05) is 11.3 Å². The fourth-order valence-electron chi connectivity index (χ4n) is 10.9. The van der Waals surface area contributed by atoms with Gasteiger partial charge in [-0.2, -0.15) is 0 Å². The maximum absolute atomic E-state index is 5.89. The highest BCUT2D eigenvalue weighted by molar-refractivity contribution is 7.22. The minimum absolute atomic E-state index is 0.0143. The van der Waals surface area contributed by atoms with Crippen LogP contribution in [-0.2, 0) is 27.1 Å². The van der Waals surface area contributed by atoms with E-state index in [0.717, 1.165) is 33.2 Å². The van der Waals surface area contributed by atoms with Crippen molar-refractivity contribution in [3.05, 3.63) is 173 Å². The Balaban J connectivity index is 1.30. The normalized spacial score (nSPS) is 14.0. The first-order chi connectivity index (χ1) is 33.4. The number of nitrogens with zero attached hydrogens (tertiary/aromatic N) is 4. The van der Waals surface area contributed by atoms with Crippen molar-refractivity contribution in [2.45, 2.75) is 131 Å². The number of thiazole rings is 1. The fraction of sp³-hybridized carbons (Fsp3) is 0.308. The first-order valence-corrected chi connectivity index (χ1v) is 26.5. The highest BCUT2D eigenvalue weighted by Crippen LogP contribution is 2.50. The van der Waals surface area contributed by atoms with E-state index in [1.54, 1.807) is 0 Å². The van der Waals surface area contributed by atoms with Crippen LogP contribution in [0.5, 0.6) is 0 Å². The minimum atomic E-state index is -0.132. The lowest BCUT2D eigenvalue weighted by molar-refractivity contribution is 0.569. The first-order valence-electron chi connectivity index (χ1n) is 25.7. The van der Waals surface area contributed by atoms with Crippen molar-refractivity contribution >= 4 is 89.8 Å². The Kier molecular flexibility index (Phi) is 10.6. The number of rotatable bonds is 4. The van der Waals surface area contributed by atoms with Crippen molar-refractivity contribution in [3.63, 3.8) is 0 Å². The van der Waals surface area contributed by atoms with Gasteiger partial charge in [-0.15, -0.1) is 0 Å². The van der Waals surface area contributed by atoms with Gasteiger partial charge in [-0.1, -0.05) is 206 Å². The molecular weight excluding hydrogens is 880 g/mol. The third-order valence-electron chi connectivity index (χ3n) is 15.2. The highest BCUT2D eigenvalue weighted by Gasteiger charge is 2.47. The van der Waals surface area contributed by atoms with Crippen LogP contribution in [0, 0.1) is 0 Å². The Morgan fingerprint density at radius 1 is 0.408 bits per heavy atom. The Morgan fingerprint density at radius 3 is 1.41 bits per heavy atom. The summed E-state index contributed by atoms with van der Waals surface area (Å²) < 4.78 is 2.50. The first kappa shape index (κ1) is 47.0. The van der Waals surface area contributed by atoms with Gasteiger partial charge in [-0.3, -0.25) is 0 Å². The average molecular weight is 949 g/mol. The summed E-state index contributed by atoms with van der Waals surface area (Å²) in [5.41, 5.74) is 20.6. The van der Waals surface area contributed by atoms with E-state index in [2.05, 4.69) is 264 Å². The second kappa shape index (κ2) is 16.1. The van der Waals surface area contributed by atoms with Gasteiger partial charge in [0.2, 0.25) is 0 Å². The second-order valence-electron chi connectivity index (χ2n) is 25.5. The zero-order chi connectivity index (χ0) is 50.3. The predicted molar refractivity (Wildman–Crippen MR) is 309 cm³/mol. The van der Waals surface area contributed by atoms with Crippen molar-refractivity contribution in [3.8, 4) is 16.3 Å². The summed E-state index contributed by atoms with van der Waals surface area (Å²) in [4.78, 5) is 11.1. The Bertz CT molecular complexity index is 3470. The number of aromatic nitrogens is 2. The lowest BCUT2D eigenvalue weighted by atomic mass is 9.35. The fourth-order valence-corrected chi connectivity index (χ4v) is 12.0. The molecule has 0 bridgehead atoms. The highest BCUT2D eigenvalue weighted by atomic mass is 32.1. The van der Waals surface area contributed by atoms with E-state index in [1.165, 1.54) is 82.6 Å². The summed E-state index contributed by atoms with van der Waals surface area (Å²) in [5, 5.41) is 4.70. The van der Waals surface area contributed by atoms with Crippen LogP contribution in [-0.4, -0.2) is 16.3 Å². The zero-order valence-electron chi connectivity index (χ0n) is 44.6. The molecule has 4 heterocycles. The number of hydrogen-bond acceptors (Lipinski definition) is 4. The molecule has 0 N–H and O–H groups in total. The van der Waals surface area contributed by atoms with Crippen LogP contribution in [0.2, 0.25) is 0 Å². The molecule has 2 aliphatic rings. The molecule has 0 saturated carbocycles. The molecule has 0 atom stereocenters. The summed E-state index contributed by atoms with van der Waals surface area (Å²) in [6.45, 7) is 34.7. The molecule has 2 aliphatic heterocycles. The zero-order valence-corrected chi connectivity index (χ0v) is 45.4.